The number of hydrogen-bond donors (Lipinski definition) is 1. The van der Waals surface area contributed by atoms with Crippen LogP contribution in [0.2, 0.25) is 0 Å². The number of guanidine groups is 1. The van der Waals surface area contributed by atoms with E-state index in [0.717, 1.165) is 12.5 Å². The van der Waals surface area contributed by atoms with Crippen molar-refractivity contribution in [2.75, 3.05) is 32.4 Å². The lowest BCUT2D eigenvalue weighted by Crippen LogP contribution is -2.57. The number of hydrogen-bond acceptors (Lipinski definition) is 3. The number of aliphatic imine (C=N–C) groups is 1. The van der Waals surface area contributed by atoms with Crippen molar-refractivity contribution in [1.29, 1.82) is 0 Å². The van der Waals surface area contributed by atoms with E-state index >= 15 is 0 Å². The average molecular weight is 519 g/mol. The van der Waals surface area contributed by atoms with Crippen LogP contribution in [0.25, 0.3) is 0 Å². The summed E-state index contributed by atoms with van der Waals surface area (Å²) < 4.78 is 23.7. The van der Waals surface area contributed by atoms with Crippen LogP contribution >= 0.6 is 24.0 Å². The van der Waals surface area contributed by atoms with Crippen molar-refractivity contribution >= 4 is 39.8 Å². The molecule has 1 aromatic rings. The molecule has 5 nitrogen and oxygen atoms in total. The molecule has 1 saturated carbocycles. The number of sulfone groups is 1. The van der Waals surface area contributed by atoms with Gasteiger partial charge in [-0.3, -0.25) is 4.99 Å². The van der Waals surface area contributed by atoms with Gasteiger partial charge < -0.3 is 10.2 Å². The van der Waals surface area contributed by atoms with E-state index in [1.54, 1.807) is 7.05 Å². The van der Waals surface area contributed by atoms with Crippen molar-refractivity contribution in [1.82, 2.24) is 10.2 Å². The van der Waals surface area contributed by atoms with Gasteiger partial charge in [0.1, 0.15) is 0 Å². The maximum absolute atomic E-state index is 12.2. The van der Waals surface area contributed by atoms with Gasteiger partial charge in [0.05, 0.1) is 10.5 Å². The summed E-state index contributed by atoms with van der Waals surface area (Å²) in [5.74, 6) is 2.38. The number of benzene rings is 1. The van der Waals surface area contributed by atoms with Crippen LogP contribution in [0.15, 0.2) is 35.3 Å². The minimum Gasteiger partial charge on any atom is -0.356 e. The van der Waals surface area contributed by atoms with Crippen molar-refractivity contribution in [2.45, 2.75) is 50.2 Å². The maximum atomic E-state index is 12.2. The largest absolute Gasteiger partial charge is 0.356 e. The average Bonchev–Trinajstić information content (AvgIpc) is 2.66. The number of halogens is 1. The highest BCUT2D eigenvalue weighted by Gasteiger charge is 2.41. The molecular formula is C21H34IN3O2S. The first kappa shape index (κ1) is 23.4. The van der Waals surface area contributed by atoms with Crippen molar-refractivity contribution in [3.05, 3.63) is 35.9 Å². The van der Waals surface area contributed by atoms with Crippen LogP contribution in [0, 0.1) is 5.92 Å². The number of rotatable bonds is 3. The summed E-state index contributed by atoms with van der Waals surface area (Å²) >= 11 is 0. The Bertz CT molecular complexity index is 757. The fourth-order valence-corrected chi connectivity index (χ4v) is 5.68. The zero-order valence-corrected chi connectivity index (χ0v) is 20.4. The van der Waals surface area contributed by atoms with Gasteiger partial charge >= 0.3 is 0 Å². The summed E-state index contributed by atoms with van der Waals surface area (Å²) in [4.78, 5) is 6.50. The zero-order valence-electron chi connectivity index (χ0n) is 17.2. The summed E-state index contributed by atoms with van der Waals surface area (Å²) in [5.41, 5.74) is 1.47. The Labute approximate surface area is 187 Å². The normalized spacial score (nSPS) is 27.0. The molecular weight excluding hydrogens is 485 g/mol. The van der Waals surface area contributed by atoms with Crippen molar-refractivity contribution in [3.63, 3.8) is 0 Å². The topological polar surface area (TPSA) is 61.8 Å². The van der Waals surface area contributed by atoms with Gasteiger partial charge in [-0.25, -0.2) is 8.42 Å². The van der Waals surface area contributed by atoms with E-state index in [9.17, 15) is 8.42 Å². The second kappa shape index (κ2) is 9.78. The Kier molecular flexibility index (Phi) is 8.19. The van der Waals surface area contributed by atoms with Crippen molar-refractivity contribution < 1.29 is 8.42 Å². The highest BCUT2D eigenvalue weighted by atomic mass is 127. The van der Waals surface area contributed by atoms with Crippen molar-refractivity contribution in [2.24, 2.45) is 10.9 Å². The molecule has 2 fully saturated rings. The van der Waals surface area contributed by atoms with Gasteiger partial charge in [0.25, 0.3) is 0 Å². The van der Waals surface area contributed by atoms with Crippen LogP contribution in [-0.4, -0.2) is 56.5 Å². The van der Waals surface area contributed by atoms with Crippen LogP contribution in [-0.2, 0) is 9.84 Å². The fourth-order valence-electron chi connectivity index (χ4n) is 4.32. The van der Waals surface area contributed by atoms with Crippen LogP contribution in [0.3, 0.4) is 0 Å². The van der Waals surface area contributed by atoms with Crippen LogP contribution in [0.5, 0.6) is 0 Å². The van der Waals surface area contributed by atoms with E-state index in [0.29, 0.717) is 24.9 Å². The van der Waals surface area contributed by atoms with Crippen LogP contribution in [0.4, 0.5) is 0 Å². The van der Waals surface area contributed by atoms with Gasteiger partial charge in [-0.05, 0) is 56.9 Å². The first-order valence-electron chi connectivity index (χ1n) is 10.1. The zero-order chi connectivity index (χ0) is 19.5. The molecule has 0 unspecified atom stereocenters. The second-order valence-corrected chi connectivity index (χ2v) is 11.3. The van der Waals surface area contributed by atoms with E-state index in [1.807, 2.05) is 13.8 Å². The predicted molar refractivity (Wildman–Crippen MR) is 127 cm³/mol. The lowest BCUT2D eigenvalue weighted by molar-refractivity contribution is 0.313. The molecule has 3 rings (SSSR count). The second-order valence-electron chi connectivity index (χ2n) is 8.56. The van der Waals surface area contributed by atoms with E-state index in [4.69, 9.17) is 0 Å². The van der Waals surface area contributed by atoms with Gasteiger partial charge in [0, 0.05) is 26.7 Å². The summed E-state index contributed by atoms with van der Waals surface area (Å²) in [7, 11) is -1.25. The summed E-state index contributed by atoms with van der Waals surface area (Å²) in [6.07, 6.45) is 4.93. The lowest BCUT2D eigenvalue weighted by atomic mass is 9.79. The van der Waals surface area contributed by atoms with Gasteiger partial charge in [-0.2, -0.15) is 0 Å². The molecule has 0 spiro atoms. The minimum atomic E-state index is -3.03. The predicted octanol–water partition coefficient (Wildman–Crippen LogP) is 3.66. The highest BCUT2D eigenvalue weighted by Crippen LogP contribution is 2.35. The highest BCUT2D eigenvalue weighted by molar-refractivity contribution is 14.0. The molecule has 0 atom stereocenters. The summed E-state index contributed by atoms with van der Waals surface area (Å²) in [6.45, 7) is 5.55. The summed E-state index contributed by atoms with van der Waals surface area (Å²) in [5, 5.41) is 3.51. The Morgan fingerprint density at radius 2 is 1.82 bits per heavy atom. The Hall–Kier alpha value is -0.830. The Balaban J connectivity index is 0.00000280. The SMILES string of the molecule is CN=C(NCC1CCC(c2ccccc2)CC1)N1CCS(=O)(=O)C(C)(C)C1.I. The van der Waals surface area contributed by atoms with E-state index < -0.39 is 14.6 Å². The molecule has 1 heterocycles. The number of nitrogens with zero attached hydrogens (tertiary/aromatic N) is 2. The van der Waals surface area contributed by atoms with E-state index in [1.165, 1.54) is 31.2 Å². The quantitative estimate of drug-likeness (QED) is 0.376. The standard InChI is InChI=1S/C21H33N3O2S.HI/c1-21(2)16-24(13-14-27(21,25)26)20(22-3)23-15-17-9-11-19(12-10-17)18-7-5-4-6-8-18;/h4-8,17,19H,9-16H2,1-3H3,(H,22,23);1H. The van der Waals surface area contributed by atoms with Gasteiger partial charge in [0.15, 0.2) is 15.8 Å². The summed E-state index contributed by atoms with van der Waals surface area (Å²) in [6, 6.07) is 10.8. The first-order chi connectivity index (χ1) is 12.8. The first-order valence-corrected chi connectivity index (χ1v) is 11.7. The third kappa shape index (κ3) is 5.40. The number of nitrogens with one attached hydrogen (secondary N) is 1. The van der Waals surface area contributed by atoms with E-state index in [2.05, 4.69) is 45.5 Å². The molecule has 1 aromatic carbocycles. The van der Waals surface area contributed by atoms with Gasteiger partial charge in [-0.15, -0.1) is 24.0 Å². The van der Waals surface area contributed by atoms with E-state index in [-0.39, 0.29) is 29.7 Å². The molecule has 0 bridgehead atoms. The fraction of sp³-hybridized carbons (Fsp3) is 0.667. The Morgan fingerprint density at radius 3 is 2.39 bits per heavy atom. The molecule has 7 heteroatoms. The van der Waals surface area contributed by atoms with Crippen LogP contribution in [0.1, 0.15) is 51.0 Å². The molecule has 1 aliphatic carbocycles. The molecule has 158 valence electrons. The molecule has 28 heavy (non-hydrogen) atoms. The Morgan fingerprint density at radius 1 is 1.18 bits per heavy atom. The van der Waals surface area contributed by atoms with Crippen molar-refractivity contribution in [3.8, 4) is 0 Å². The van der Waals surface area contributed by atoms with Crippen LogP contribution < -0.4 is 5.32 Å². The third-order valence-electron chi connectivity index (χ3n) is 6.22. The van der Waals surface area contributed by atoms with Gasteiger partial charge in [0.2, 0.25) is 0 Å². The van der Waals surface area contributed by atoms with Gasteiger partial charge in [-0.1, -0.05) is 30.3 Å². The molecule has 2 aliphatic rings. The molecule has 1 saturated heterocycles. The molecule has 1 aliphatic heterocycles. The molecule has 1 N–H and O–H groups in total. The maximum Gasteiger partial charge on any atom is 0.193 e. The minimum absolute atomic E-state index is 0. The smallest absolute Gasteiger partial charge is 0.193 e. The monoisotopic (exact) mass is 519 g/mol. The third-order valence-corrected chi connectivity index (χ3v) is 8.75. The molecule has 0 radical (unpaired) electrons. The molecule has 0 amide bonds. The lowest BCUT2D eigenvalue weighted by Gasteiger charge is -2.39. The molecule has 0 aromatic heterocycles.